The maximum Gasteiger partial charge on any atom is 0.0684 e. The van der Waals surface area contributed by atoms with Gasteiger partial charge in [0, 0.05) is 5.56 Å². The van der Waals surface area contributed by atoms with Crippen molar-refractivity contribution in [1.29, 1.82) is 0 Å². The highest BCUT2D eigenvalue weighted by Gasteiger charge is 2.09. The van der Waals surface area contributed by atoms with Gasteiger partial charge in [-0.1, -0.05) is 44.2 Å². The van der Waals surface area contributed by atoms with Crippen LogP contribution < -0.4 is 0 Å². The molecule has 0 aliphatic carbocycles. The molecule has 2 aromatic rings. The number of H-pyrrole nitrogens is 1. The van der Waals surface area contributed by atoms with Gasteiger partial charge in [-0.3, -0.25) is 5.10 Å². The molecule has 0 unspecified atom stereocenters. The zero-order valence-electron chi connectivity index (χ0n) is 8.49. The summed E-state index contributed by atoms with van der Waals surface area (Å²) in [5, 5.41) is 7.15. The third-order valence-corrected chi connectivity index (χ3v) is 2.35. The molecule has 2 heteroatoms. The van der Waals surface area contributed by atoms with E-state index in [9.17, 15) is 0 Å². The summed E-state index contributed by atoms with van der Waals surface area (Å²) in [6.07, 6.45) is 1.91. The van der Waals surface area contributed by atoms with Gasteiger partial charge in [-0.05, 0) is 11.5 Å². The minimum absolute atomic E-state index is 0.504. The SMILES string of the molecule is CC(C)c1cn[nH]c1-c1ccccc1. The molecule has 0 spiro atoms. The first-order valence-corrected chi connectivity index (χ1v) is 4.87. The Kier molecular flexibility index (Phi) is 2.35. The maximum absolute atomic E-state index is 4.09. The molecule has 2 rings (SSSR count). The van der Waals surface area contributed by atoms with E-state index in [1.807, 2.05) is 24.4 Å². The van der Waals surface area contributed by atoms with E-state index in [0.717, 1.165) is 5.69 Å². The molecule has 0 atom stereocenters. The summed E-state index contributed by atoms with van der Waals surface area (Å²) in [5.41, 5.74) is 3.62. The van der Waals surface area contributed by atoms with Crippen molar-refractivity contribution in [3.05, 3.63) is 42.1 Å². The van der Waals surface area contributed by atoms with Crippen LogP contribution in [-0.2, 0) is 0 Å². The van der Waals surface area contributed by atoms with Gasteiger partial charge >= 0.3 is 0 Å². The Morgan fingerprint density at radius 3 is 2.50 bits per heavy atom. The molecule has 0 saturated heterocycles. The van der Waals surface area contributed by atoms with Gasteiger partial charge in [0.25, 0.3) is 0 Å². The number of hydrogen-bond donors (Lipinski definition) is 1. The first-order valence-electron chi connectivity index (χ1n) is 4.87. The van der Waals surface area contributed by atoms with Crippen LogP contribution in [0.15, 0.2) is 36.5 Å². The zero-order valence-corrected chi connectivity index (χ0v) is 8.49. The van der Waals surface area contributed by atoms with Crippen LogP contribution in [-0.4, -0.2) is 10.2 Å². The molecule has 14 heavy (non-hydrogen) atoms. The predicted octanol–water partition coefficient (Wildman–Crippen LogP) is 3.20. The van der Waals surface area contributed by atoms with Crippen molar-refractivity contribution in [2.75, 3.05) is 0 Å². The second kappa shape index (κ2) is 3.66. The Hall–Kier alpha value is -1.57. The Balaban J connectivity index is 2.47. The summed E-state index contributed by atoms with van der Waals surface area (Å²) in [4.78, 5) is 0. The average molecular weight is 186 g/mol. The van der Waals surface area contributed by atoms with Crippen LogP contribution in [0.3, 0.4) is 0 Å². The number of nitrogens with zero attached hydrogens (tertiary/aromatic N) is 1. The highest BCUT2D eigenvalue weighted by Crippen LogP contribution is 2.26. The van der Waals surface area contributed by atoms with Crippen LogP contribution in [0.25, 0.3) is 11.3 Å². The van der Waals surface area contributed by atoms with E-state index in [1.54, 1.807) is 0 Å². The van der Waals surface area contributed by atoms with E-state index in [1.165, 1.54) is 11.1 Å². The molecule has 2 nitrogen and oxygen atoms in total. The fraction of sp³-hybridized carbons (Fsp3) is 0.250. The number of hydrogen-bond acceptors (Lipinski definition) is 1. The lowest BCUT2D eigenvalue weighted by Gasteiger charge is -2.05. The van der Waals surface area contributed by atoms with E-state index in [4.69, 9.17) is 0 Å². The van der Waals surface area contributed by atoms with Crippen LogP contribution in [0.2, 0.25) is 0 Å². The van der Waals surface area contributed by atoms with Crippen LogP contribution in [0.5, 0.6) is 0 Å². The van der Waals surface area contributed by atoms with Crippen LogP contribution >= 0.6 is 0 Å². The van der Waals surface area contributed by atoms with Crippen molar-refractivity contribution in [2.24, 2.45) is 0 Å². The Bertz CT molecular complexity index is 401. The topological polar surface area (TPSA) is 28.7 Å². The lowest BCUT2D eigenvalue weighted by atomic mass is 10.00. The van der Waals surface area contributed by atoms with Crippen molar-refractivity contribution in [3.63, 3.8) is 0 Å². The second-order valence-corrected chi connectivity index (χ2v) is 3.72. The minimum atomic E-state index is 0.504. The summed E-state index contributed by atoms with van der Waals surface area (Å²) in [7, 11) is 0. The summed E-state index contributed by atoms with van der Waals surface area (Å²) >= 11 is 0. The Labute approximate surface area is 84.0 Å². The minimum Gasteiger partial charge on any atom is -0.278 e. The number of rotatable bonds is 2. The highest BCUT2D eigenvalue weighted by molar-refractivity contribution is 5.62. The molecule has 0 amide bonds. The summed E-state index contributed by atoms with van der Waals surface area (Å²) < 4.78 is 0. The lowest BCUT2D eigenvalue weighted by molar-refractivity contribution is 0.870. The van der Waals surface area contributed by atoms with Crippen molar-refractivity contribution >= 4 is 0 Å². The smallest absolute Gasteiger partial charge is 0.0684 e. The molecular weight excluding hydrogens is 172 g/mol. The molecule has 0 bridgehead atoms. The van der Waals surface area contributed by atoms with Crippen LogP contribution in [0.4, 0.5) is 0 Å². The lowest BCUT2D eigenvalue weighted by Crippen LogP contribution is -1.88. The Morgan fingerprint density at radius 2 is 1.86 bits per heavy atom. The highest BCUT2D eigenvalue weighted by atomic mass is 15.1. The van der Waals surface area contributed by atoms with E-state index in [-0.39, 0.29) is 0 Å². The molecule has 1 aromatic heterocycles. The largest absolute Gasteiger partial charge is 0.278 e. The number of aromatic amines is 1. The standard InChI is InChI=1S/C12H14N2/c1-9(2)11-8-13-14-12(11)10-6-4-3-5-7-10/h3-9H,1-2H3,(H,13,14). The van der Waals surface area contributed by atoms with E-state index < -0.39 is 0 Å². The fourth-order valence-electron chi connectivity index (χ4n) is 1.57. The van der Waals surface area contributed by atoms with Gasteiger partial charge < -0.3 is 0 Å². The number of nitrogens with one attached hydrogen (secondary N) is 1. The van der Waals surface area contributed by atoms with Gasteiger partial charge in [0.05, 0.1) is 11.9 Å². The first-order chi connectivity index (χ1) is 6.79. The second-order valence-electron chi connectivity index (χ2n) is 3.72. The zero-order chi connectivity index (χ0) is 9.97. The third-order valence-electron chi connectivity index (χ3n) is 2.35. The van der Waals surface area contributed by atoms with Gasteiger partial charge in [0.1, 0.15) is 0 Å². The molecule has 1 aromatic carbocycles. The molecule has 0 aliphatic rings. The van der Waals surface area contributed by atoms with Crippen molar-refractivity contribution in [1.82, 2.24) is 10.2 Å². The summed E-state index contributed by atoms with van der Waals surface area (Å²) in [6.45, 7) is 4.36. The average Bonchev–Trinajstić information content (AvgIpc) is 2.67. The van der Waals surface area contributed by atoms with E-state index in [0.29, 0.717) is 5.92 Å². The Morgan fingerprint density at radius 1 is 1.14 bits per heavy atom. The van der Waals surface area contributed by atoms with Gasteiger partial charge in [-0.15, -0.1) is 0 Å². The molecule has 0 fully saturated rings. The molecular formula is C12H14N2. The summed E-state index contributed by atoms with van der Waals surface area (Å²) in [6, 6.07) is 10.3. The van der Waals surface area contributed by atoms with Gasteiger partial charge in [-0.2, -0.15) is 5.10 Å². The van der Waals surface area contributed by atoms with Gasteiger partial charge in [-0.25, -0.2) is 0 Å². The van der Waals surface area contributed by atoms with Gasteiger partial charge in [0.2, 0.25) is 0 Å². The van der Waals surface area contributed by atoms with E-state index in [2.05, 4.69) is 36.2 Å². The van der Waals surface area contributed by atoms with Gasteiger partial charge in [0.15, 0.2) is 0 Å². The van der Waals surface area contributed by atoms with Crippen LogP contribution in [0, 0.1) is 0 Å². The van der Waals surface area contributed by atoms with Crippen molar-refractivity contribution in [3.8, 4) is 11.3 Å². The maximum atomic E-state index is 4.09. The molecule has 1 heterocycles. The molecule has 0 radical (unpaired) electrons. The molecule has 0 saturated carbocycles. The van der Waals surface area contributed by atoms with E-state index >= 15 is 0 Å². The molecule has 72 valence electrons. The van der Waals surface area contributed by atoms with Crippen LogP contribution in [0.1, 0.15) is 25.3 Å². The fourth-order valence-corrected chi connectivity index (χ4v) is 1.57. The molecule has 0 aliphatic heterocycles. The normalized spacial score (nSPS) is 10.8. The quantitative estimate of drug-likeness (QED) is 0.766. The van der Waals surface area contributed by atoms with Crippen molar-refractivity contribution < 1.29 is 0 Å². The summed E-state index contributed by atoms with van der Waals surface area (Å²) in [5.74, 6) is 0.504. The third kappa shape index (κ3) is 1.55. The predicted molar refractivity (Wildman–Crippen MR) is 58.1 cm³/mol. The monoisotopic (exact) mass is 186 g/mol. The number of aromatic nitrogens is 2. The number of benzene rings is 1. The molecule has 1 N–H and O–H groups in total. The first kappa shape index (κ1) is 9.00. The van der Waals surface area contributed by atoms with Crippen molar-refractivity contribution in [2.45, 2.75) is 19.8 Å².